The van der Waals surface area contributed by atoms with Crippen molar-refractivity contribution in [2.75, 3.05) is 25.1 Å². The molecule has 4 heteroatoms. The van der Waals surface area contributed by atoms with Gasteiger partial charge in [0.05, 0.1) is 7.11 Å². The Bertz CT molecular complexity index is 474. The molecule has 0 spiro atoms. The first-order valence-corrected chi connectivity index (χ1v) is 7.94. The number of ether oxygens (including phenoxy) is 1. The van der Waals surface area contributed by atoms with Crippen LogP contribution in [0, 0.1) is 5.82 Å². The first-order valence-electron chi connectivity index (χ1n) is 7.94. The van der Waals surface area contributed by atoms with Crippen LogP contribution in [0.2, 0.25) is 0 Å². The minimum absolute atomic E-state index is 0.127. The zero-order chi connectivity index (χ0) is 15.5. The highest BCUT2D eigenvalue weighted by Crippen LogP contribution is 2.31. The van der Waals surface area contributed by atoms with Gasteiger partial charge in [-0.3, -0.25) is 0 Å². The Hall–Kier alpha value is -1.29. The second-order valence-electron chi connectivity index (χ2n) is 5.88. The second-order valence-corrected chi connectivity index (χ2v) is 5.88. The first kappa shape index (κ1) is 16.1. The lowest BCUT2D eigenvalue weighted by atomic mass is 9.87. The van der Waals surface area contributed by atoms with Crippen LogP contribution in [-0.4, -0.2) is 31.8 Å². The number of hydrogen-bond donors (Lipinski definition) is 1. The fourth-order valence-electron chi connectivity index (χ4n) is 3.18. The van der Waals surface area contributed by atoms with E-state index in [1.54, 1.807) is 12.1 Å². The molecule has 1 aromatic rings. The second kappa shape index (κ2) is 6.65. The van der Waals surface area contributed by atoms with Crippen molar-refractivity contribution in [1.82, 2.24) is 5.32 Å². The van der Waals surface area contributed by atoms with E-state index < -0.39 is 0 Å². The summed E-state index contributed by atoms with van der Waals surface area (Å²) in [5.41, 5.74) is 1.08. The van der Waals surface area contributed by atoms with Crippen molar-refractivity contribution in [2.45, 2.75) is 51.6 Å². The molecule has 0 bridgehead atoms. The summed E-state index contributed by atoms with van der Waals surface area (Å²) in [6.07, 6.45) is 3.20. The Labute approximate surface area is 127 Å². The molecule has 1 aliphatic rings. The molecule has 1 heterocycles. The number of anilines is 1. The summed E-state index contributed by atoms with van der Waals surface area (Å²) in [7, 11) is 1.50. The van der Waals surface area contributed by atoms with Crippen molar-refractivity contribution < 1.29 is 9.13 Å². The van der Waals surface area contributed by atoms with E-state index in [2.05, 4.69) is 31.0 Å². The third-order valence-electron chi connectivity index (χ3n) is 4.92. The fraction of sp³-hybridized carbons (Fsp3) is 0.647. The SMILES string of the molecule is CCC1CNC(CC)(CC)CN1c1ccc(OC)c(F)c1. The highest BCUT2D eigenvalue weighted by atomic mass is 19.1. The van der Waals surface area contributed by atoms with Gasteiger partial charge in [0, 0.05) is 36.4 Å². The van der Waals surface area contributed by atoms with Gasteiger partial charge in [0.2, 0.25) is 0 Å². The van der Waals surface area contributed by atoms with Crippen molar-refractivity contribution in [3.05, 3.63) is 24.0 Å². The number of benzene rings is 1. The average Bonchev–Trinajstić information content (AvgIpc) is 2.54. The Morgan fingerprint density at radius 2 is 2.05 bits per heavy atom. The standard InChI is InChI=1S/C17H27FN2O/c1-5-13-11-19-17(6-2,7-3)12-20(13)14-8-9-16(21-4)15(18)10-14/h8-10,13,19H,5-7,11-12H2,1-4H3. The highest BCUT2D eigenvalue weighted by molar-refractivity contribution is 5.52. The van der Waals surface area contributed by atoms with Gasteiger partial charge in [-0.25, -0.2) is 4.39 Å². The van der Waals surface area contributed by atoms with Crippen LogP contribution in [-0.2, 0) is 0 Å². The maximum Gasteiger partial charge on any atom is 0.167 e. The summed E-state index contributed by atoms with van der Waals surface area (Å²) in [4.78, 5) is 2.35. The van der Waals surface area contributed by atoms with Crippen LogP contribution in [0.4, 0.5) is 10.1 Å². The van der Waals surface area contributed by atoms with Gasteiger partial charge in [0.1, 0.15) is 0 Å². The average molecular weight is 294 g/mol. The van der Waals surface area contributed by atoms with Gasteiger partial charge in [-0.15, -0.1) is 0 Å². The van der Waals surface area contributed by atoms with Gasteiger partial charge in [0.15, 0.2) is 11.6 Å². The van der Waals surface area contributed by atoms with Gasteiger partial charge in [-0.2, -0.15) is 0 Å². The lowest BCUT2D eigenvalue weighted by molar-refractivity contribution is 0.246. The number of piperazine rings is 1. The number of nitrogens with one attached hydrogen (secondary N) is 1. The van der Waals surface area contributed by atoms with Crippen LogP contribution in [0.5, 0.6) is 5.75 Å². The molecule has 1 atom stereocenters. The molecule has 1 aromatic carbocycles. The van der Waals surface area contributed by atoms with E-state index >= 15 is 0 Å². The lowest BCUT2D eigenvalue weighted by Crippen LogP contribution is -2.64. The molecule has 0 radical (unpaired) electrons. The molecule has 118 valence electrons. The number of nitrogens with zero attached hydrogens (tertiary/aromatic N) is 1. The molecule has 1 fully saturated rings. The van der Waals surface area contributed by atoms with E-state index in [0.29, 0.717) is 11.8 Å². The van der Waals surface area contributed by atoms with E-state index in [1.807, 2.05) is 6.07 Å². The largest absolute Gasteiger partial charge is 0.494 e. The van der Waals surface area contributed by atoms with Crippen LogP contribution >= 0.6 is 0 Å². The lowest BCUT2D eigenvalue weighted by Gasteiger charge is -2.48. The van der Waals surface area contributed by atoms with Crippen molar-refractivity contribution >= 4 is 5.69 Å². The first-order chi connectivity index (χ1) is 10.1. The predicted octanol–water partition coefficient (Wildman–Crippen LogP) is 3.58. The molecular formula is C17H27FN2O. The normalized spacial score (nSPS) is 21.4. The minimum atomic E-state index is -0.290. The summed E-state index contributed by atoms with van der Waals surface area (Å²) >= 11 is 0. The Balaban J connectivity index is 2.30. The van der Waals surface area contributed by atoms with Crippen LogP contribution < -0.4 is 15.0 Å². The highest BCUT2D eigenvalue weighted by Gasteiger charge is 2.36. The molecule has 1 N–H and O–H groups in total. The summed E-state index contributed by atoms with van der Waals surface area (Å²) < 4.78 is 19.0. The molecular weight excluding hydrogens is 267 g/mol. The zero-order valence-corrected chi connectivity index (χ0v) is 13.6. The van der Waals surface area contributed by atoms with Crippen LogP contribution in [0.1, 0.15) is 40.0 Å². The molecule has 1 unspecified atom stereocenters. The summed E-state index contributed by atoms with van der Waals surface area (Å²) in [6, 6.07) is 5.69. The molecule has 2 rings (SSSR count). The van der Waals surface area contributed by atoms with Crippen molar-refractivity contribution in [2.24, 2.45) is 0 Å². The number of methoxy groups -OCH3 is 1. The molecule has 1 aliphatic heterocycles. The summed E-state index contributed by atoms with van der Waals surface area (Å²) in [5, 5.41) is 3.71. The van der Waals surface area contributed by atoms with E-state index in [9.17, 15) is 4.39 Å². The van der Waals surface area contributed by atoms with Gasteiger partial charge >= 0.3 is 0 Å². The monoisotopic (exact) mass is 294 g/mol. The summed E-state index contributed by atoms with van der Waals surface area (Å²) in [5.74, 6) is 0.0150. The Kier molecular flexibility index (Phi) is 5.09. The maximum atomic E-state index is 14.0. The maximum absolute atomic E-state index is 14.0. The van der Waals surface area contributed by atoms with E-state index in [1.165, 1.54) is 7.11 Å². The van der Waals surface area contributed by atoms with Crippen molar-refractivity contribution in [1.29, 1.82) is 0 Å². The molecule has 0 amide bonds. The van der Waals surface area contributed by atoms with E-state index in [0.717, 1.165) is 38.0 Å². The fourth-order valence-corrected chi connectivity index (χ4v) is 3.18. The molecule has 3 nitrogen and oxygen atoms in total. The smallest absolute Gasteiger partial charge is 0.167 e. The van der Waals surface area contributed by atoms with Gasteiger partial charge < -0.3 is 15.0 Å². The zero-order valence-electron chi connectivity index (χ0n) is 13.6. The molecule has 0 aliphatic carbocycles. The van der Waals surface area contributed by atoms with Crippen LogP contribution in [0.15, 0.2) is 18.2 Å². The third kappa shape index (κ3) is 3.15. The predicted molar refractivity (Wildman–Crippen MR) is 85.7 cm³/mol. The third-order valence-corrected chi connectivity index (χ3v) is 4.92. The Morgan fingerprint density at radius 3 is 2.57 bits per heavy atom. The number of hydrogen-bond acceptors (Lipinski definition) is 3. The summed E-state index contributed by atoms with van der Waals surface area (Å²) in [6.45, 7) is 8.49. The topological polar surface area (TPSA) is 24.5 Å². The molecule has 0 saturated carbocycles. The van der Waals surface area contributed by atoms with Crippen molar-refractivity contribution in [3.8, 4) is 5.75 Å². The van der Waals surface area contributed by atoms with E-state index in [4.69, 9.17) is 4.74 Å². The minimum Gasteiger partial charge on any atom is -0.494 e. The van der Waals surface area contributed by atoms with Crippen LogP contribution in [0.25, 0.3) is 0 Å². The number of rotatable bonds is 5. The number of halogens is 1. The van der Waals surface area contributed by atoms with E-state index in [-0.39, 0.29) is 11.4 Å². The Morgan fingerprint density at radius 1 is 1.33 bits per heavy atom. The van der Waals surface area contributed by atoms with Gasteiger partial charge in [0.25, 0.3) is 0 Å². The molecule has 0 aromatic heterocycles. The van der Waals surface area contributed by atoms with Crippen LogP contribution in [0.3, 0.4) is 0 Å². The quantitative estimate of drug-likeness (QED) is 0.898. The molecule has 1 saturated heterocycles. The van der Waals surface area contributed by atoms with Gasteiger partial charge in [-0.1, -0.05) is 20.8 Å². The van der Waals surface area contributed by atoms with Gasteiger partial charge in [-0.05, 0) is 31.4 Å². The molecule has 21 heavy (non-hydrogen) atoms. The van der Waals surface area contributed by atoms with Crippen molar-refractivity contribution in [3.63, 3.8) is 0 Å².